The molecule has 1 rings (SSSR count). The highest BCUT2D eigenvalue weighted by Crippen LogP contribution is 2.20. The number of hydrogen-bond acceptors (Lipinski definition) is 4. The number of nitrogens with one attached hydrogen (secondary N) is 2. The van der Waals surface area contributed by atoms with Gasteiger partial charge in [-0.3, -0.25) is 0 Å². The summed E-state index contributed by atoms with van der Waals surface area (Å²) in [7, 11) is -0.554. The molecule has 1 aromatic rings. The van der Waals surface area contributed by atoms with E-state index in [1.807, 2.05) is 0 Å². The molecule has 0 aromatic heterocycles. The van der Waals surface area contributed by atoms with E-state index in [1.54, 1.807) is 7.05 Å². The Morgan fingerprint density at radius 3 is 2.61 bits per heavy atom. The topological polar surface area (TPSA) is 67.4 Å². The molecule has 5 nitrogen and oxygen atoms in total. The van der Waals surface area contributed by atoms with E-state index in [1.165, 1.54) is 19.2 Å². The summed E-state index contributed by atoms with van der Waals surface area (Å²) in [5.41, 5.74) is 0. The summed E-state index contributed by atoms with van der Waals surface area (Å²) in [5.74, 6) is -0.681. The van der Waals surface area contributed by atoms with E-state index in [-0.39, 0.29) is 10.6 Å². The van der Waals surface area contributed by atoms with E-state index in [4.69, 9.17) is 4.74 Å². The van der Waals surface area contributed by atoms with Crippen LogP contribution >= 0.6 is 0 Å². The third-order valence-corrected chi connectivity index (χ3v) is 3.79. The van der Waals surface area contributed by atoms with Gasteiger partial charge < -0.3 is 10.1 Å². The Labute approximate surface area is 106 Å². The maximum Gasteiger partial charge on any atom is 0.240 e. The SMILES string of the molecule is CNCCCNS(=O)(=O)c1ccc(OC)c(F)c1. The fourth-order valence-corrected chi connectivity index (χ4v) is 2.45. The van der Waals surface area contributed by atoms with Crippen LogP contribution < -0.4 is 14.8 Å². The third-order valence-electron chi connectivity index (χ3n) is 2.33. The van der Waals surface area contributed by atoms with Crippen molar-refractivity contribution < 1.29 is 17.5 Å². The van der Waals surface area contributed by atoms with Crippen LogP contribution in [-0.4, -0.2) is 35.7 Å². The standard InChI is InChI=1S/C11H17FN2O3S/c1-13-6-3-7-14-18(15,16)9-4-5-11(17-2)10(12)8-9/h4-5,8,13-14H,3,6-7H2,1-2H3. The van der Waals surface area contributed by atoms with Crippen LogP contribution in [0.3, 0.4) is 0 Å². The van der Waals surface area contributed by atoms with Crippen LogP contribution in [0.15, 0.2) is 23.1 Å². The van der Waals surface area contributed by atoms with Gasteiger partial charge in [-0.05, 0) is 38.2 Å². The van der Waals surface area contributed by atoms with Gasteiger partial charge in [-0.15, -0.1) is 0 Å². The molecule has 0 heterocycles. The van der Waals surface area contributed by atoms with E-state index < -0.39 is 15.8 Å². The van der Waals surface area contributed by atoms with Gasteiger partial charge in [0.05, 0.1) is 12.0 Å². The van der Waals surface area contributed by atoms with Gasteiger partial charge in [-0.2, -0.15) is 0 Å². The van der Waals surface area contributed by atoms with Crippen molar-refractivity contribution in [2.75, 3.05) is 27.2 Å². The molecule has 0 aliphatic heterocycles. The van der Waals surface area contributed by atoms with Gasteiger partial charge in [0.2, 0.25) is 10.0 Å². The van der Waals surface area contributed by atoms with Crippen LogP contribution in [0.4, 0.5) is 4.39 Å². The van der Waals surface area contributed by atoms with E-state index in [0.29, 0.717) is 19.5 Å². The van der Waals surface area contributed by atoms with E-state index in [2.05, 4.69) is 10.0 Å². The van der Waals surface area contributed by atoms with Crippen molar-refractivity contribution in [2.45, 2.75) is 11.3 Å². The summed E-state index contributed by atoms with van der Waals surface area (Å²) in [6, 6.07) is 3.54. The van der Waals surface area contributed by atoms with Crippen molar-refractivity contribution in [3.8, 4) is 5.75 Å². The van der Waals surface area contributed by atoms with Gasteiger partial charge in [-0.25, -0.2) is 17.5 Å². The van der Waals surface area contributed by atoms with Crippen molar-refractivity contribution in [3.05, 3.63) is 24.0 Å². The first kappa shape index (κ1) is 14.9. The van der Waals surface area contributed by atoms with Gasteiger partial charge in [0.15, 0.2) is 11.6 Å². The zero-order chi connectivity index (χ0) is 13.6. The van der Waals surface area contributed by atoms with E-state index in [0.717, 1.165) is 6.07 Å². The lowest BCUT2D eigenvalue weighted by Gasteiger charge is -2.08. The van der Waals surface area contributed by atoms with E-state index >= 15 is 0 Å². The Kier molecular flexibility index (Phi) is 5.52. The highest BCUT2D eigenvalue weighted by Gasteiger charge is 2.15. The summed E-state index contributed by atoms with van der Waals surface area (Å²) in [4.78, 5) is -0.106. The molecule has 0 bridgehead atoms. The summed E-state index contributed by atoms with van der Waals surface area (Å²) in [5, 5.41) is 2.91. The Bertz CT molecular complexity index is 491. The lowest BCUT2D eigenvalue weighted by Crippen LogP contribution is -2.26. The lowest BCUT2D eigenvalue weighted by molar-refractivity contribution is 0.385. The molecular formula is C11H17FN2O3S. The number of ether oxygens (including phenoxy) is 1. The van der Waals surface area contributed by atoms with Gasteiger partial charge >= 0.3 is 0 Å². The van der Waals surface area contributed by atoms with Gasteiger partial charge in [0.1, 0.15) is 0 Å². The van der Waals surface area contributed by atoms with Crippen LogP contribution in [-0.2, 0) is 10.0 Å². The maximum atomic E-state index is 13.4. The maximum absolute atomic E-state index is 13.4. The molecular weight excluding hydrogens is 259 g/mol. The van der Waals surface area contributed by atoms with Gasteiger partial charge in [-0.1, -0.05) is 0 Å². The average Bonchev–Trinajstić information content (AvgIpc) is 2.34. The van der Waals surface area contributed by atoms with Crippen molar-refractivity contribution in [1.29, 1.82) is 0 Å². The molecule has 1 aromatic carbocycles. The molecule has 0 spiro atoms. The predicted molar refractivity (Wildman–Crippen MR) is 66.7 cm³/mol. The first-order valence-corrected chi connectivity index (χ1v) is 6.97. The van der Waals surface area contributed by atoms with Gasteiger partial charge in [0, 0.05) is 6.54 Å². The molecule has 0 saturated heterocycles. The average molecular weight is 276 g/mol. The summed E-state index contributed by atoms with van der Waals surface area (Å²) in [6.45, 7) is 1.01. The number of halogens is 1. The summed E-state index contributed by atoms with van der Waals surface area (Å²) in [6.07, 6.45) is 0.661. The quantitative estimate of drug-likeness (QED) is 0.720. The van der Waals surface area contributed by atoms with Crippen LogP contribution in [0.1, 0.15) is 6.42 Å². The van der Waals surface area contributed by atoms with E-state index in [9.17, 15) is 12.8 Å². The molecule has 0 radical (unpaired) electrons. The lowest BCUT2D eigenvalue weighted by atomic mass is 10.3. The highest BCUT2D eigenvalue weighted by molar-refractivity contribution is 7.89. The fourth-order valence-electron chi connectivity index (χ4n) is 1.37. The second-order valence-electron chi connectivity index (χ2n) is 3.65. The Morgan fingerprint density at radius 2 is 2.06 bits per heavy atom. The van der Waals surface area contributed by atoms with Crippen molar-refractivity contribution in [3.63, 3.8) is 0 Å². The number of benzene rings is 1. The van der Waals surface area contributed by atoms with Crippen LogP contribution in [0, 0.1) is 5.82 Å². The third kappa shape index (κ3) is 3.94. The zero-order valence-corrected chi connectivity index (χ0v) is 11.2. The van der Waals surface area contributed by atoms with Crippen LogP contribution in [0.2, 0.25) is 0 Å². The molecule has 2 N–H and O–H groups in total. The Balaban J connectivity index is 2.76. The van der Waals surface area contributed by atoms with Crippen LogP contribution in [0.25, 0.3) is 0 Å². The first-order valence-electron chi connectivity index (χ1n) is 5.49. The minimum absolute atomic E-state index is 0.0177. The molecule has 0 unspecified atom stereocenters. The minimum Gasteiger partial charge on any atom is -0.494 e. The number of hydrogen-bond donors (Lipinski definition) is 2. The van der Waals surface area contributed by atoms with Gasteiger partial charge in [0.25, 0.3) is 0 Å². The second kappa shape index (κ2) is 6.67. The zero-order valence-electron chi connectivity index (χ0n) is 10.4. The number of sulfonamides is 1. The predicted octanol–water partition coefficient (Wildman–Crippen LogP) is 0.722. The molecule has 7 heteroatoms. The molecule has 0 aliphatic rings. The molecule has 102 valence electrons. The molecule has 0 atom stereocenters. The number of rotatable bonds is 7. The molecule has 0 amide bonds. The van der Waals surface area contributed by atoms with Crippen LogP contribution in [0.5, 0.6) is 5.75 Å². The van der Waals surface area contributed by atoms with Crippen molar-refractivity contribution in [2.24, 2.45) is 0 Å². The molecule has 0 aliphatic carbocycles. The number of methoxy groups -OCH3 is 1. The monoisotopic (exact) mass is 276 g/mol. The molecule has 0 saturated carbocycles. The summed E-state index contributed by atoms with van der Waals surface area (Å²) >= 11 is 0. The minimum atomic E-state index is -3.66. The fraction of sp³-hybridized carbons (Fsp3) is 0.455. The highest BCUT2D eigenvalue weighted by atomic mass is 32.2. The largest absolute Gasteiger partial charge is 0.494 e. The Hall–Kier alpha value is -1.18. The molecule has 0 fully saturated rings. The molecule has 18 heavy (non-hydrogen) atoms. The normalized spacial score (nSPS) is 11.5. The Morgan fingerprint density at radius 1 is 1.33 bits per heavy atom. The van der Waals surface area contributed by atoms with Crippen molar-refractivity contribution >= 4 is 10.0 Å². The smallest absolute Gasteiger partial charge is 0.240 e. The second-order valence-corrected chi connectivity index (χ2v) is 5.42. The summed E-state index contributed by atoms with van der Waals surface area (Å²) < 4.78 is 44.1. The van der Waals surface area contributed by atoms with Crippen molar-refractivity contribution in [1.82, 2.24) is 10.0 Å². The first-order chi connectivity index (χ1) is 8.51.